The highest BCUT2D eigenvalue weighted by Gasteiger charge is 2.28. The van der Waals surface area contributed by atoms with Gasteiger partial charge in [-0.25, -0.2) is 4.98 Å². The molecule has 0 aliphatic carbocycles. The quantitative estimate of drug-likeness (QED) is 0.616. The highest BCUT2D eigenvalue weighted by Crippen LogP contribution is 2.21. The minimum Gasteiger partial charge on any atom is -0.338 e. The summed E-state index contributed by atoms with van der Waals surface area (Å²) >= 11 is 11.4. The van der Waals surface area contributed by atoms with Crippen LogP contribution in [0.15, 0.2) is 18.3 Å². The van der Waals surface area contributed by atoms with E-state index in [1.807, 2.05) is 11.0 Å². The van der Waals surface area contributed by atoms with Gasteiger partial charge in [0.15, 0.2) is 0 Å². The molecule has 3 nitrogen and oxygen atoms in total. The van der Waals surface area contributed by atoms with Gasteiger partial charge in [0.25, 0.3) is 0 Å². The molecule has 0 radical (unpaired) electrons. The molecule has 0 bridgehead atoms. The number of likely N-dealkylation sites (tertiary alicyclic amines) is 1. The normalized spacial score (nSPS) is 20.5. The van der Waals surface area contributed by atoms with Crippen LogP contribution in [0, 0.1) is 5.92 Å². The molecule has 86 valence electrons. The molecule has 16 heavy (non-hydrogen) atoms. The van der Waals surface area contributed by atoms with Crippen molar-refractivity contribution >= 4 is 29.1 Å². The van der Waals surface area contributed by atoms with Crippen LogP contribution in [0.2, 0.25) is 5.15 Å². The van der Waals surface area contributed by atoms with Crippen molar-refractivity contribution in [2.75, 3.05) is 12.4 Å². The fourth-order valence-electron chi connectivity index (χ4n) is 1.83. The maximum atomic E-state index is 11.6. The van der Waals surface area contributed by atoms with Gasteiger partial charge >= 0.3 is 0 Å². The van der Waals surface area contributed by atoms with E-state index in [1.165, 1.54) is 0 Å². The molecule has 0 aromatic carbocycles. The van der Waals surface area contributed by atoms with E-state index >= 15 is 0 Å². The van der Waals surface area contributed by atoms with Gasteiger partial charge in [0.1, 0.15) is 5.15 Å². The van der Waals surface area contributed by atoms with Gasteiger partial charge in [0.2, 0.25) is 5.91 Å². The van der Waals surface area contributed by atoms with Crippen molar-refractivity contribution in [2.45, 2.75) is 13.0 Å². The molecule has 1 unspecified atom stereocenters. The largest absolute Gasteiger partial charge is 0.338 e. The van der Waals surface area contributed by atoms with Crippen LogP contribution in [0.4, 0.5) is 0 Å². The molecule has 1 aliphatic rings. The van der Waals surface area contributed by atoms with Gasteiger partial charge in [-0.05, 0) is 17.5 Å². The van der Waals surface area contributed by atoms with Crippen molar-refractivity contribution in [3.05, 3.63) is 29.0 Å². The smallest absolute Gasteiger partial charge is 0.223 e. The van der Waals surface area contributed by atoms with E-state index < -0.39 is 0 Å². The Hall–Kier alpha value is -0.800. The van der Waals surface area contributed by atoms with Crippen LogP contribution in [-0.2, 0) is 11.3 Å². The van der Waals surface area contributed by atoms with Gasteiger partial charge in [-0.15, -0.1) is 11.6 Å². The number of hydrogen-bond donors (Lipinski definition) is 0. The van der Waals surface area contributed by atoms with Crippen LogP contribution in [0.3, 0.4) is 0 Å². The average Bonchev–Trinajstić information content (AvgIpc) is 2.63. The zero-order valence-corrected chi connectivity index (χ0v) is 10.2. The number of pyridine rings is 1. The lowest BCUT2D eigenvalue weighted by molar-refractivity contribution is -0.128. The predicted octanol–water partition coefficient (Wildman–Crippen LogP) is 2.32. The van der Waals surface area contributed by atoms with E-state index in [1.54, 1.807) is 12.3 Å². The van der Waals surface area contributed by atoms with Crippen molar-refractivity contribution in [1.82, 2.24) is 9.88 Å². The van der Waals surface area contributed by atoms with Crippen LogP contribution < -0.4 is 0 Å². The first-order valence-corrected chi connectivity index (χ1v) is 6.04. The molecule has 5 heteroatoms. The van der Waals surface area contributed by atoms with Gasteiger partial charge in [0.05, 0.1) is 0 Å². The Bertz CT molecular complexity index is 380. The highest BCUT2D eigenvalue weighted by atomic mass is 35.5. The van der Waals surface area contributed by atoms with E-state index in [-0.39, 0.29) is 11.8 Å². The summed E-state index contributed by atoms with van der Waals surface area (Å²) in [5.74, 6) is 0.996. The number of rotatable bonds is 3. The molecule has 1 aliphatic heterocycles. The van der Waals surface area contributed by atoms with E-state index in [4.69, 9.17) is 23.2 Å². The SMILES string of the molecule is O=C1CC(CCl)CN1Cc1ccc(Cl)nc1. The van der Waals surface area contributed by atoms with Crippen LogP contribution in [-0.4, -0.2) is 28.2 Å². The lowest BCUT2D eigenvalue weighted by Crippen LogP contribution is -2.24. The van der Waals surface area contributed by atoms with Crippen LogP contribution >= 0.6 is 23.2 Å². The number of hydrogen-bond acceptors (Lipinski definition) is 2. The zero-order chi connectivity index (χ0) is 11.5. The highest BCUT2D eigenvalue weighted by molar-refractivity contribution is 6.29. The van der Waals surface area contributed by atoms with Crippen molar-refractivity contribution in [2.24, 2.45) is 5.92 Å². The van der Waals surface area contributed by atoms with Crippen LogP contribution in [0.5, 0.6) is 0 Å². The number of carbonyl (C=O) groups is 1. The molecule has 1 atom stereocenters. The van der Waals surface area contributed by atoms with Gasteiger partial charge in [-0.1, -0.05) is 17.7 Å². The standard InChI is InChI=1S/C11H12Cl2N2O/c12-4-9-3-11(16)15(7-9)6-8-1-2-10(13)14-5-8/h1-2,5,9H,3-4,6-7H2. The van der Waals surface area contributed by atoms with Crippen LogP contribution in [0.25, 0.3) is 0 Å². The summed E-state index contributed by atoms with van der Waals surface area (Å²) in [5.41, 5.74) is 0.993. The molecule has 2 rings (SSSR count). The van der Waals surface area contributed by atoms with E-state index in [2.05, 4.69) is 4.98 Å². The summed E-state index contributed by atoms with van der Waals surface area (Å²) in [6.07, 6.45) is 2.26. The Balaban J connectivity index is 2.00. The Morgan fingerprint density at radius 2 is 2.31 bits per heavy atom. The molecule has 1 amide bonds. The number of amides is 1. The zero-order valence-electron chi connectivity index (χ0n) is 8.70. The monoisotopic (exact) mass is 258 g/mol. The van der Waals surface area contributed by atoms with Crippen molar-refractivity contribution in [1.29, 1.82) is 0 Å². The molecule has 0 saturated carbocycles. The van der Waals surface area contributed by atoms with Crippen molar-refractivity contribution in [3.8, 4) is 0 Å². The fourth-order valence-corrected chi connectivity index (χ4v) is 2.15. The fraction of sp³-hybridized carbons (Fsp3) is 0.455. The maximum absolute atomic E-state index is 11.6. The molecule has 1 aromatic heterocycles. The summed E-state index contributed by atoms with van der Waals surface area (Å²) in [7, 11) is 0. The first kappa shape index (κ1) is 11.7. The number of alkyl halides is 1. The second kappa shape index (κ2) is 5.02. The number of aromatic nitrogens is 1. The number of carbonyl (C=O) groups excluding carboxylic acids is 1. The van der Waals surface area contributed by atoms with E-state index in [9.17, 15) is 4.79 Å². The van der Waals surface area contributed by atoms with Crippen LogP contribution in [0.1, 0.15) is 12.0 Å². The minimum atomic E-state index is 0.167. The molecular formula is C11H12Cl2N2O. The average molecular weight is 259 g/mol. The van der Waals surface area contributed by atoms with Crippen molar-refractivity contribution < 1.29 is 4.79 Å². The lowest BCUT2D eigenvalue weighted by Gasteiger charge is -2.15. The topological polar surface area (TPSA) is 33.2 Å². The first-order valence-electron chi connectivity index (χ1n) is 5.13. The van der Waals surface area contributed by atoms with Gasteiger partial charge in [-0.2, -0.15) is 0 Å². The Morgan fingerprint density at radius 1 is 1.50 bits per heavy atom. The van der Waals surface area contributed by atoms with Gasteiger partial charge in [-0.3, -0.25) is 4.79 Å². The third-order valence-electron chi connectivity index (χ3n) is 2.67. The summed E-state index contributed by atoms with van der Waals surface area (Å²) in [6.45, 7) is 1.33. The Morgan fingerprint density at radius 3 is 2.88 bits per heavy atom. The molecule has 1 aromatic rings. The third-order valence-corrected chi connectivity index (χ3v) is 3.33. The third kappa shape index (κ3) is 2.66. The Labute approximate surface area is 104 Å². The summed E-state index contributed by atoms with van der Waals surface area (Å²) < 4.78 is 0. The van der Waals surface area contributed by atoms with Gasteiger partial charge < -0.3 is 4.90 Å². The second-order valence-corrected chi connectivity index (χ2v) is 4.68. The van der Waals surface area contributed by atoms with E-state index in [0.717, 1.165) is 12.1 Å². The Kier molecular flexibility index (Phi) is 3.66. The lowest BCUT2D eigenvalue weighted by atomic mass is 10.1. The second-order valence-electron chi connectivity index (χ2n) is 3.99. The molecule has 1 saturated heterocycles. The molecule has 2 heterocycles. The first-order chi connectivity index (χ1) is 7.69. The predicted molar refractivity (Wildman–Crippen MR) is 63.5 cm³/mol. The molecular weight excluding hydrogens is 247 g/mol. The minimum absolute atomic E-state index is 0.167. The maximum Gasteiger partial charge on any atom is 0.223 e. The molecule has 0 N–H and O–H groups in total. The molecule has 1 fully saturated rings. The number of halogens is 2. The summed E-state index contributed by atoms with van der Waals surface area (Å²) in [4.78, 5) is 17.4. The van der Waals surface area contributed by atoms with E-state index in [0.29, 0.717) is 24.0 Å². The molecule has 0 spiro atoms. The number of nitrogens with zero attached hydrogens (tertiary/aromatic N) is 2. The van der Waals surface area contributed by atoms with Gasteiger partial charge in [0, 0.05) is 31.6 Å². The summed E-state index contributed by atoms with van der Waals surface area (Å²) in [5, 5.41) is 0.468. The summed E-state index contributed by atoms with van der Waals surface area (Å²) in [6, 6.07) is 3.62. The van der Waals surface area contributed by atoms with Crippen molar-refractivity contribution in [3.63, 3.8) is 0 Å².